The standard InChI is InChI=1S/C34H29Br2N3O5S/c1-4-8-26-30(33(41)43-5-2)31(25-17-24(36)12-14-28(25)42-3)39-32(40)29(45-34(39)38-26)16-22-15-23(35)11-13-27(22)44-19-21-10-7-6-9-20(21)18-37/h6-7,9-17,31H,4-5,8,19H2,1-3H3/b29-16+/t31-/m1/s1. The van der Waals surface area contributed by atoms with Crippen LogP contribution in [0.1, 0.15) is 55.0 Å². The van der Waals surface area contributed by atoms with Crippen LogP contribution in [0, 0.1) is 11.3 Å². The zero-order valence-electron chi connectivity index (χ0n) is 24.8. The van der Waals surface area contributed by atoms with Gasteiger partial charge in [-0.05, 0) is 61.9 Å². The number of benzene rings is 3. The van der Waals surface area contributed by atoms with Crippen LogP contribution in [-0.4, -0.2) is 24.3 Å². The van der Waals surface area contributed by atoms with Gasteiger partial charge in [-0.15, -0.1) is 0 Å². The van der Waals surface area contributed by atoms with E-state index in [4.69, 9.17) is 19.2 Å². The van der Waals surface area contributed by atoms with Crippen molar-refractivity contribution in [2.24, 2.45) is 4.99 Å². The van der Waals surface area contributed by atoms with Crippen molar-refractivity contribution >= 4 is 55.2 Å². The van der Waals surface area contributed by atoms with Crippen molar-refractivity contribution in [1.82, 2.24) is 4.57 Å². The van der Waals surface area contributed by atoms with Gasteiger partial charge in [0.1, 0.15) is 24.1 Å². The molecule has 0 radical (unpaired) electrons. The molecule has 11 heteroatoms. The molecule has 1 aromatic heterocycles. The van der Waals surface area contributed by atoms with Gasteiger partial charge in [0.05, 0.1) is 41.2 Å². The van der Waals surface area contributed by atoms with Gasteiger partial charge in [0, 0.05) is 25.6 Å². The molecule has 0 bridgehead atoms. The molecule has 0 N–H and O–H groups in total. The Morgan fingerprint density at radius 1 is 1.09 bits per heavy atom. The predicted molar refractivity (Wildman–Crippen MR) is 180 cm³/mol. The van der Waals surface area contributed by atoms with E-state index in [2.05, 4.69) is 37.9 Å². The molecule has 0 unspecified atom stereocenters. The van der Waals surface area contributed by atoms with E-state index in [1.54, 1.807) is 36.8 Å². The predicted octanol–water partition coefficient (Wildman–Crippen LogP) is 6.56. The molecule has 0 saturated carbocycles. The summed E-state index contributed by atoms with van der Waals surface area (Å²) < 4.78 is 20.9. The summed E-state index contributed by atoms with van der Waals surface area (Å²) in [6, 6.07) is 19.7. The Labute approximate surface area is 281 Å². The third-order valence-corrected chi connectivity index (χ3v) is 9.13. The largest absolute Gasteiger partial charge is 0.496 e. The summed E-state index contributed by atoms with van der Waals surface area (Å²) in [5.41, 5.74) is 3.17. The number of fused-ring (bicyclic) bond motifs is 1. The average molecular weight is 751 g/mol. The van der Waals surface area contributed by atoms with Crippen LogP contribution in [0.5, 0.6) is 11.5 Å². The lowest BCUT2D eigenvalue weighted by atomic mass is 9.93. The summed E-state index contributed by atoms with van der Waals surface area (Å²) in [7, 11) is 1.56. The van der Waals surface area contributed by atoms with E-state index in [-0.39, 0.29) is 18.8 Å². The van der Waals surface area contributed by atoms with E-state index in [9.17, 15) is 14.9 Å². The highest BCUT2D eigenvalue weighted by Crippen LogP contribution is 2.38. The van der Waals surface area contributed by atoms with Crippen LogP contribution in [0.15, 0.2) is 90.7 Å². The molecule has 0 fully saturated rings. The minimum Gasteiger partial charge on any atom is -0.496 e. The molecule has 0 spiro atoms. The minimum atomic E-state index is -0.822. The highest BCUT2D eigenvalue weighted by molar-refractivity contribution is 9.10. The van der Waals surface area contributed by atoms with Crippen molar-refractivity contribution < 1.29 is 19.0 Å². The zero-order chi connectivity index (χ0) is 32.1. The molecule has 4 aromatic rings. The van der Waals surface area contributed by atoms with Crippen LogP contribution >= 0.6 is 43.2 Å². The van der Waals surface area contributed by atoms with Crippen molar-refractivity contribution in [2.75, 3.05) is 13.7 Å². The summed E-state index contributed by atoms with van der Waals surface area (Å²) >= 11 is 8.33. The van der Waals surface area contributed by atoms with E-state index in [1.807, 2.05) is 55.5 Å². The van der Waals surface area contributed by atoms with Crippen LogP contribution < -0.4 is 24.4 Å². The quantitative estimate of drug-likeness (QED) is 0.170. The van der Waals surface area contributed by atoms with Gasteiger partial charge in [-0.3, -0.25) is 9.36 Å². The summed E-state index contributed by atoms with van der Waals surface area (Å²) in [4.78, 5) is 33.2. The Morgan fingerprint density at radius 2 is 1.82 bits per heavy atom. The molecule has 2 heterocycles. The number of nitrogens with zero attached hydrogens (tertiary/aromatic N) is 3. The molecule has 0 saturated heterocycles. The van der Waals surface area contributed by atoms with Crippen molar-refractivity contribution in [3.8, 4) is 17.6 Å². The number of carbonyl (C=O) groups excluding carboxylic acids is 1. The maximum atomic E-state index is 14.3. The van der Waals surface area contributed by atoms with Gasteiger partial charge in [-0.2, -0.15) is 5.26 Å². The SMILES string of the molecule is CCCC1=C(C(=O)OCC)[C@@H](c2cc(Br)ccc2OC)n2c(s/c(=C/c3cc(Br)ccc3OCc3ccccc3C#N)c2=O)=N1. The summed E-state index contributed by atoms with van der Waals surface area (Å²) in [6.45, 7) is 4.12. The Morgan fingerprint density at radius 3 is 2.53 bits per heavy atom. The summed E-state index contributed by atoms with van der Waals surface area (Å²) in [5.74, 6) is 0.546. The number of hydrogen-bond acceptors (Lipinski definition) is 8. The maximum absolute atomic E-state index is 14.3. The van der Waals surface area contributed by atoms with Crippen molar-refractivity contribution in [3.05, 3.63) is 123 Å². The number of methoxy groups -OCH3 is 1. The lowest BCUT2D eigenvalue weighted by Crippen LogP contribution is -2.40. The van der Waals surface area contributed by atoms with Crippen molar-refractivity contribution in [1.29, 1.82) is 5.26 Å². The molecule has 0 amide bonds. The fourth-order valence-electron chi connectivity index (χ4n) is 5.15. The van der Waals surface area contributed by atoms with Crippen molar-refractivity contribution in [2.45, 2.75) is 39.3 Å². The number of halogens is 2. The van der Waals surface area contributed by atoms with Crippen LogP contribution in [0.25, 0.3) is 6.08 Å². The number of carbonyl (C=O) groups is 1. The lowest BCUT2D eigenvalue weighted by Gasteiger charge is -2.27. The van der Waals surface area contributed by atoms with Gasteiger partial charge in [-0.25, -0.2) is 9.79 Å². The Kier molecular flexibility index (Phi) is 10.4. The second-order valence-electron chi connectivity index (χ2n) is 10.0. The Balaban J connectivity index is 1.70. The van der Waals surface area contributed by atoms with Crippen LogP contribution in [0.4, 0.5) is 0 Å². The highest BCUT2D eigenvalue weighted by atomic mass is 79.9. The third kappa shape index (κ3) is 6.83. The first-order valence-electron chi connectivity index (χ1n) is 14.2. The van der Waals surface area contributed by atoms with E-state index in [0.717, 1.165) is 20.9 Å². The number of allylic oxidation sites excluding steroid dienone is 1. The molecular formula is C34H29Br2N3O5S. The second-order valence-corrected chi connectivity index (χ2v) is 12.9. The number of rotatable bonds is 10. The van der Waals surface area contributed by atoms with Gasteiger partial charge >= 0.3 is 5.97 Å². The van der Waals surface area contributed by atoms with Crippen LogP contribution in [0.2, 0.25) is 0 Å². The fraction of sp³-hybridized carbons (Fsp3) is 0.235. The Bertz CT molecular complexity index is 2030. The Hall–Kier alpha value is -3.98. The molecule has 1 atom stereocenters. The number of nitriles is 1. The monoisotopic (exact) mass is 749 g/mol. The molecule has 230 valence electrons. The van der Waals surface area contributed by atoms with Gasteiger partial charge in [0.2, 0.25) is 0 Å². The highest BCUT2D eigenvalue weighted by Gasteiger charge is 2.36. The van der Waals surface area contributed by atoms with Crippen LogP contribution in [0.3, 0.4) is 0 Å². The first-order valence-corrected chi connectivity index (χ1v) is 16.7. The van der Waals surface area contributed by atoms with Crippen LogP contribution in [-0.2, 0) is 16.1 Å². The van der Waals surface area contributed by atoms with E-state index in [1.165, 1.54) is 11.3 Å². The molecule has 8 nitrogen and oxygen atoms in total. The lowest BCUT2D eigenvalue weighted by molar-refractivity contribution is -0.139. The van der Waals surface area contributed by atoms with Crippen molar-refractivity contribution in [3.63, 3.8) is 0 Å². The number of esters is 1. The van der Waals surface area contributed by atoms with E-state index in [0.29, 0.717) is 55.2 Å². The van der Waals surface area contributed by atoms with E-state index < -0.39 is 12.0 Å². The number of thiazole rings is 1. The van der Waals surface area contributed by atoms with Gasteiger partial charge in [-0.1, -0.05) is 74.7 Å². The topological polar surface area (TPSA) is 103 Å². The first kappa shape index (κ1) is 32.4. The molecule has 3 aromatic carbocycles. The van der Waals surface area contributed by atoms with Gasteiger partial charge < -0.3 is 14.2 Å². The molecule has 45 heavy (non-hydrogen) atoms. The second kappa shape index (κ2) is 14.4. The maximum Gasteiger partial charge on any atom is 0.338 e. The first-order chi connectivity index (χ1) is 21.8. The third-order valence-electron chi connectivity index (χ3n) is 7.16. The molecule has 1 aliphatic heterocycles. The average Bonchev–Trinajstić information content (AvgIpc) is 3.34. The number of aromatic nitrogens is 1. The molecular weight excluding hydrogens is 722 g/mol. The molecule has 5 rings (SSSR count). The fourth-order valence-corrected chi connectivity index (χ4v) is 6.92. The zero-order valence-corrected chi connectivity index (χ0v) is 28.8. The minimum absolute atomic E-state index is 0.180. The molecule has 1 aliphatic rings. The normalized spacial score (nSPS) is 14.4. The van der Waals surface area contributed by atoms with Gasteiger partial charge in [0.15, 0.2) is 4.80 Å². The number of hydrogen-bond donors (Lipinski definition) is 0. The molecule has 0 aliphatic carbocycles. The summed E-state index contributed by atoms with van der Waals surface area (Å²) in [5, 5.41) is 9.49. The smallest absolute Gasteiger partial charge is 0.338 e. The van der Waals surface area contributed by atoms with E-state index >= 15 is 0 Å². The summed E-state index contributed by atoms with van der Waals surface area (Å²) in [6.07, 6.45) is 3.04. The van der Waals surface area contributed by atoms with Gasteiger partial charge in [0.25, 0.3) is 5.56 Å². The number of ether oxygens (including phenoxy) is 3.